The van der Waals surface area contributed by atoms with Crippen molar-refractivity contribution in [2.24, 2.45) is 0 Å². The van der Waals surface area contributed by atoms with Gasteiger partial charge in [0.2, 0.25) is 5.91 Å². The van der Waals surface area contributed by atoms with Crippen LogP contribution in [0.4, 0.5) is 0 Å². The van der Waals surface area contributed by atoms with Crippen LogP contribution in [0.5, 0.6) is 0 Å². The molecule has 0 aliphatic rings. The number of sulfone groups is 1. The minimum atomic E-state index is -3.98. The Morgan fingerprint density at radius 2 is 1.68 bits per heavy atom. The van der Waals surface area contributed by atoms with Gasteiger partial charge in [0.15, 0.2) is 0 Å². The molecule has 0 aliphatic heterocycles. The quantitative estimate of drug-likeness (QED) is 0.399. The Morgan fingerprint density at radius 1 is 1.16 bits per heavy atom. The molecule has 4 N–H and O–H groups in total. The van der Waals surface area contributed by atoms with E-state index in [0.29, 0.717) is 25.9 Å². The lowest BCUT2D eigenvalue weighted by atomic mass is 10.5. The molecule has 0 saturated carbocycles. The van der Waals surface area contributed by atoms with Gasteiger partial charge in [0.05, 0.1) is 22.4 Å². The Morgan fingerprint density at radius 3 is 1.95 bits per heavy atom. The molecule has 0 aromatic rings. The smallest absolute Gasteiger partial charge is 0.216 e. The maximum absolute atomic E-state index is 10.6. The molecule has 0 aliphatic carbocycles. The van der Waals surface area contributed by atoms with Crippen LogP contribution in [-0.4, -0.2) is 58.1 Å². The summed E-state index contributed by atoms with van der Waals surface area (Å²) in [6.07, 6.45) is 2.03. The Balaban J connectivity index is 0. The van der Waals surface area contributed by atoms with Gasteiger partial charge in [-0.1, -0.05) is 0 Å². The zero-order chi connectivity index (χ0) is 15.5. The minimum Gasteiger partial charge on any atom is -0.748 e. The summed E-state index contributed by atoms with van der Waals surface area (Å²) in [4.78, 5) is 10.3. The van der Waals surface area contributed by atoms with Gasteiger partial charge in [0, 0.05) is 31.9 Å². The van der Waals surface area contributed by atoms with Crippen molar-refractivity contribution in [1.29, 1.82) is 0 Å². The average molecular weight is 318 g/mol. The first-order valence-electron chi connectivity index (χ1n) is 5.63. The van der Waals surface area contributed by atoms with Gasteiger partial charge in [-0.25, -0.2) is 16.8 Å². The van der Waals surface area contributed by atoms with E-state index in [1.54, 1.807) is 0 Å². The molecule has 0 aromatic carbocycles. The molecule has 0 bridgehead atoms. The zero-order valence-corrected chi connectivity index (χ0v) is 12.8. The third-order valence-electron chi connectivity index (χ3n) is 1.71. The largest absolute Gasteiger partial charge is 0.748 e. The summed E-state index contributed by atoms with van der Waals surface area (Å²) < 4.78 is 50.5. The van der Waals surface area contributed by atoms with Gasteiger partial charge in [-0.3, -0.25) is 4.79 Å². The lowest BCUT2D eigenvalue weighted by Gasteiger charge is -2.01. The van der Waals surface area contributed by atoms with E-state index in [1.165, 1.54) is 13.2 Å². The Bertz CT molecular complexity index is 443. The standard InChI is InChI=1S/C6H13NO3S.C3H9NO3S/c1-6(8)7-4-3-5-11(2,9)10;4-2-1-3-8(5,6)7/h3-5H2,1-2H3,(H,7,8);1-4H2,(H,5,6,7). The normalized spacial score (nSPS) is 11.4. The highest BCUT2D eigenvalue weighted by Crippen LogP contribution is 1.86. The molecule has 19 heavy (non-hydrogen) atoms. The molecule has 0 saturated heterocycles. The average Bonchev–Trinajstić information content (AvgIpc) is 2.20. The molecule has 0 heterocycles. The zero-order valence-electron chi connectivity index (χ0n) is 11.2. The minimum absolute atomic E-state index is 0.126. The van der Waals surface area contributed by atoms with Crippen molar-refractivity contribution in [3.63, 3.8) is 0 Å². The van der Waals surface area contributed by atoms with Crippen LogP contribution in [0.25, 0.3) is 0 Å². The first kappa shape index (κ1) is 20.6. The fraction of sp³-hybridized carbons (Fsp3) is 0.889. The van der Waals surface area contributed by atoms with Crippen molar-refractivity contribution >= 4 is 25.9 Å². The molecule has 0 spiro atoms. The van der Waals surface area contributed by atoms with Crippen LogP contribution in [0.1, 0.15) is 19.8 Å². The van der Waals surface area contributed by atoms with Crippen LogP contribution in [0.3, 0.4) is 0 Å². The molecule has 10 heteroatoms. The lowest BCUT2D eigenvalue weighted by molar-refractivity contribution is -0.367. The van der Waals surface area contributed by atoms with Crippen LogP contribution < -0.4 is 11.1 Å². The molecule has 0 rings (SSSR count). The number of hydrogen-bond donors (Lipinski definition) is 2. The van der Waals surface area contributed by atoms with Gasteiger partial charge in [-0.15, -0.1) is 0 Å². The molecular weight excluding hydrogens is 296 g/mol. The van der Waals surface area contributed by atoms with Gasteiger partial charge in [-0.05, 0) is 6.42 Å². The highest BCUT2D eigenvalue weighted by Gasteiger charge is 2.00. The van der Waals surface area contributed by atoms with Crippen LogP contribution in [0.15, 0.2) is 0 Å². The summed E-state index contributed by atoms with van der Waals surface area (Å²) in [6, 6.07) is 0. The Kier molecular flexibility index (Phi) is 11.0. The van der Waals surface area contributed by atoms with Gasteiger partial charge in [0.1, 0.15) is 9.84 Å². The highest BCUT2D eigenvalue weighted by molar-refractivity contribution is 7.90. The molecule has 8 nitrogen and oxygen atoms in total. The van der Waals surface area contributed by atoms with Crippen molar-refractivity contribution in [2.75, 3.05) is 30.9 Å². The number of carbonyl (C=O) groups excluding carboxylic acids is 1. The summed E-state index contributed by atoms with van der Waals surface area (Å²) in [6.45, 7) is 2.34. The van der Waals surface area contributed by atoms with Gasteiger partial charge in [0.25, 0.3) is 0 Å². The van der Waals surface area contributed by atoms with E-state index >= 15 is 0 Å². The topological polar surface area (TPSA) is 148 Å². The summed E-state index contributed by atoms with van der Waals surface area (Å²) in [7, 11) is -6.85. The van der Waals surface area contributed by atoms with E-state index in [1.807, 2.05) is 0 Å². The molecule has 0 aromatic heterocycles. The molecule has 0 radical (unpaired) electrons. The predicted molar refractivity (Wildman–Crippen MR) is 69.9 cm³/mol. The van der Waals surface area contributed by atoms with Crippen LogP contribution in [0.2, 0.25) is 0 Å². The van der Waals surface area contributed by atoms with E-state index in [0.717, 1.165) is 0 Å². The van der Waals surface area contributed by atoms with Crippen LogP contribution in [0, 0.1) is 0 Å². The molecule has 0 fully saturated rings. The number of amides is 1. The maximum Gasteiger partial charge on any atom is 0.216 e. The van der Waals surface area contributed by atoms with E-state index in [-0.39, 0.29) is 17.4 Å². The highest BCUT2D eigenvalue weighted by atomic mass is 32.2. The number of nitrogens with one attached hydrogen (secondary N) is 1. The second-order valence-electron chi connectivity index (χ2n) is 3.94. The van der Waals surface area contributed by atoms with Gasteiger partial charge < -0.3 is 15.6 Å². The van der Waals surface area contributed by atoms with E-state index in [4.69, 9.17) is 0 Å². The molecule has 1 amide bonds. The monoisotopic (exact) mass is 318 g/mol. The fourth-order valence-electron chi connectivity index (χ4n) is 0.878. The summed E-state index contributed by atoms with van der Waals surface area (Å²) in [5, 5.41) is 2.51. The SMILES string of the molecule is CC(=O)NCCCS(C)(=O)=O.[NH3+]CCCS(=O)(=O)[O-]. The van der Waals surface area contributed by atoms with Crippen molar-refractivity contribution in [3.8, 4) is 0 Å². The fourth-order valence-corrected chi connectivity index (χ4v) is 2.10. The number of quaternary nitrogens is 1. The predicted octanol–water partition coefficient (Wildman–Crippen LogP) is -2.28. The Hall–Kier alpha value is -0.710. The molecule has 0 unspecified atom stereocenters. The van der Waals surface area contributed by atoms with Crippen LogP contribution >= 0.6 is 0 Å². The summed E-state index contributed by atoms with van der Waals surface area (Å²) >= 11 is 0. The second-order valence-corrected chi connectivity index (χ2v) is 7.72. The number of rotatable bonds is 7. The molecule has 116 valence electrons. The van der Waals surface area contributed by atoms with Crippen molar-refractivity contribution in [2.45, 2.75) is 19.8 Å². The van der Waals surface area contributed by atoms with Crippen LogP contribution in [-0.2, 0) is 24.7 Å². The molecular formula is C9H22N2O6S2. The lowest BCUT2D eigenvalue weighted by Crippen LogP contribution is -2.50. The molecule has 0 atom stereocenters. The van der Waals surface area contributed by atoms with Gasteiger partial charge >= 0.3 is 0 Å². The van der Waals surface area contributed by atoms with Gasteiger partial charge in [-0.2, -0.15) is 0 Å². The first-order valence-corrected chi connectivity index (χ1v) is 9.26. The number of carbonyl (C=O) groups is 1. The number of hydrogen-bond acceptors (Lipinski definition) is 6. The van der Waals surface area contributed by atoms with Crippen molar-refractivity contribution < 1.29 is 31.9 Å². The van der Waals surface area contributed by atoms with E-state index in [9.17, 15) is 26.2 Å². The summed E-state index contributed by atoms with van der Waals surface area (Å²) in [5.41, 5.74) is 3.39. The second kappa shape index (κ2) is 10.1. The van der Waals surface area contributed by atoms with Crippen molar-refractivity contribution in [1.82, 2.24) is 5.32 Å². The Labute approximate surface area is 114 Å². The third-order valence-corrected chi connectivity index (χ3v) is 3.53. The third kappa shape index (κ3) is 26.8. The van der Waals surface area contributed by atoms with E-state index < -0.39 is 20.0 Å². The maximum atomic E-state index is 10.6. The van der Waals surface area contributed by atoms with Crippen molar-refractivity contribution in [3.05, 3.63) is 0 Å². The first-order chi connectivity index (χ1) is 8.48. The van der Waals surface area contributed by atoms with E-state index in [2.05, 4.69) is 11.1 Å². The summed E-state index contributed by atoms with van der Waals surface area (Å²) in [5.74, 6) is -0.275.